The molecule has 1 saturated carbocycles. The maximum absolute atomic E-state index is 11.9. The van der Waals surface area contributed by atoms with E-state index in [4.69, 9.17) is 4.74 Å². The topological polar surface area (TPSA) is 94.4 Å². The van der Waals surface area contributed by atoms with Gasteiger partial charge in [-0.05, 0) is 18.9 Å². The average molecular weight is 279 g/mol. The number of hydrogen-bond acceptors (Lipinski definition) is 6. The summed E-state index contributed by atoms with van der Waals surface area (Å²) in [6.07, 6.45) is 4.79. The van der Waals surface area contributed by atoms with Crippen molar-refractivity contribution in [3.63, 3.8) is 0 Å². The van der Waals surface area contributed by atoms with E-state index in [0.717, 1.165) is 25.7 Å². The van der Waals surface area contributed by atoms with Crippen molar-refractivity contribution in [2.75, 3.05) is 19.0 Å². The van der Waals surface area contributed by atoms with Gasteiger partial charge in [0.05, 0.1) is 17.4 Å². The molecule has 20 heavy (non-hydrogen) atoms. The molecule has 108 valence electrons. The molecule has 1 aliphatic carbocycles. The van der Waals surface area contributed by atoms with E-state index in [1.165, 1.54) is 25.4 Å². The Hall–Kier alpha value is -2.18. The zero-order valence-corrected chi connectivity index (χ0v) is 11.3. The van der Waals surface area contributed by atoms with Gasteiger partial charge in [0.15, 0.2) is 0 Å². The van der Waals surface area contributed by atoms with E-state index in [1.807, 2.05) is 0 Å². The van der Waals surface area contributed by atoms with Crippen molar-refractivity contribution >= 4 is 17.5 Å². The molecule has 0 amide bonds. The van der Waals surface area contributed by atoms with Crippen LogP contribution in [-0.4, -0.2) is 29.5 Å². The summed E-state index contributed by atoms with van der Waals surface area (Å²) >= 11 is 0. The van der Waals surface area contributed by atoms with Gasteiger partial charge >= 0.3 is 5.97 Å². The van der Waals surface area contributed by atoms with Gasteiger partial charge in [-0.25, -0.2) is 4.98 Å². The van der Waals surface area contributed by atoms with Crippen molar-refractivity contribution in [3.05, 3.63) is 28.4 Å². The number of esters is 1. The van der Waals surface area contributed by atoms with Crippen molar-refractivity contribution in [2.24, 2.45) is 5.41 Å². The number of nitro groups is 1. The van der Waals surface area contributed by atoms with Crippen LogP contribution < -0.4 is 5.32 Å². The summed E-state index contributed by atoms with van der Waals surface area (Å²) in [5, 5.41) is 13.6. The Bertz CT molecular complexity index is 495. The number of methoxy groups -OCH3 is 1. The van der Waals surface area contributed by atoms with E-state index >= 15 is 0 Å². The summed E-state index contributed by atoms with van der Waals surface area (Å²) in [5.41, 5.74) is -0.558. The molecule has 0 spiro atoms. The molecule has 0 saturated heterocycles. The summed E-state index contributed by atoms with van der Waals surface area (Å²) in [5.74, 6) is 0.315. The third-order valence-electron chi connectivity index (χ3n) is 3.75. The molecule has 0 aliphatic heterocycles. The zero-order valence-electron chi connectivity index (χ0n) is 11.3. The Morgan fingerprint density at radius 3 is 2.70 bits per heavy atom. The van der Waals surface area contributed by atoms with E-state index in [9.17, 15) is 14.9 Å². The first-order valence-corrected chi connectivity index (χ1v) is 6.50. The van der Waals surface area contributed by atoms with Crippen molar-refractivity contribution in [1.29, 1.82) is 0 Å². The molecular formula is C13H17N3O4. The minimum Gasteiger partial charge on any atom is -0.469 e. The van der Waals surface area contributed by atoms with E-state index in [2.05, 4.69) is 10.3 Å². The predicted octanol–water partition coefficient (Wildman–Crippen LogP) is 2.14. The van der Waals surface area contributed by atoms with Crippen molar-refractivity contribution < 1.29 is 14.5 Å². The van der Waals surface area contributed by atoms with Gasteiger partial charge in [0.1, 0.15) is 12.0 Å². The smallest absolute Gasteiger partial charge is 0.313 e. The molecule has 2 rings (SSSR count). The van der Waals surface area contributed by atoms with Crippen LogP contribution in [0.5, 0.6) is 0 Å². The SMILES string of the molecule is COC(=O)C1(CNc2ccc([N+](=O)[O-])cn2)CCCC1. The molecule has 0 bridgehead atoms. The second-order valence-electron chi connectivity index (χ2n) is 4.99. The van der Waals surface area contributed by atoms with E-state index in [-0.39, 0.29) is 11.7 Å². The van der Waals surface area contributed by atoms with Crippen LogP contribution in [0.15, 0.2) is 18.3 Å². The van der Waals surface area contributed by atoms with Gasteiger partial charge in [-0.2, -0.15) is 0 Å². The van der Waals surface area contributed by atoms with E-state index < -0.39 is 10.3 Å². The summed E-state index contributed by atoms with van der Waals surface area (Å²) in [4.78, 5) is 25.9. The Morgan fingerprint density at radius 1 is 1.50 bits per heavy atom. The molecule has 1 aromatic rings. The van der Waals surface area contributed by atoms with Crippen LogP contribution in [0.25, 0.3) is 0 Å². The second-order valence-corrected chi connectivity index (χ2v) is 4.99. The van der Waals surface area contributed by atoms with Crippen molar-refractivity contribution in [2.45, 2.75) is 25.7 Å². The fraction of sp³-hybridized carbons (Fsp3) is 0.538. The maximum Gasteiger partial charge on any atom is 0.313 e. The van der Waals surface area contributed by atoms with Crippen LogP contribution in [-0.2, 0) is 9.53 Å². The molecule has 1 heterocycles. The highest BCUT2D eigenvalue weighted by atomic mass is 16.6. The highest BCUT2D eigenvalue weighted by Gasteiger charge is 2.42. The number of carbonyl (C=O) groups excluding carboxylic acids is 1. The van der Waals surface area contributed by atoms with Gasteiger partial charge in [-0.15, -0.1) is 0 Å². The Labute approximate surface area is 116 Å². The lowest BCUT2D eigenvalue weighted by Crippen LogP contribution is -2.36. The second kappa shape index (κ2) is 5.85. The molecule has 1 aromatic heterocycles. The van der Waals surface area contributed by atoms with Crippen molar-refractivity contribution in [3.8, 4) is 0 Å². The number of nitrogens with zero attached hydrogens (tertiary/aromatic N) is 2. The summed E-state index contributed by atoms with van der Waals surface area (Å²) in [6, 6.07) is 2.92. The minimum atomic E-state index is -0.502. The molecular weight excluding hydrogens is 262 g/mol. The number of rotatable bonds is 5. The zero-order chi connectivity index (χ0) is 14.6. The molecule has 0 aromatic carbocycles. The molecule has 1 N–H and O–H groups in total. The van der Waals surface area contributed by atoms with Crippen LogP contribution in [0, 0.1) is 15.5 Å². The molecule has 7 nitrogen and oxygen atoms in total. The standard InChI is InChI=1S/C13H17N3O4/c1-20-12(17)13(6-2-3-7-13)9-15-11-5-4-10(8-14-11)16(18)19/h4-5,8H,2-3,6-7,9H2,1H3,(H,14,15). The third kappa shape index (κ3) is 2.87. The number of ether oxygens (including phenoxy) is 1. The van der Waals surface area contributed by atoms with Crippen LogP contribution in [0.3, 0.4) is 0 Å². The van der Waals surface area contributed by atoms with Gasteiger partial charge in [-0.1, -0.05) is 12.8 Å². The monoisotopic (exact) mass is 279 g/mol. The molecule has 7 heteroatoms. The number of aromatic nitrogens is 1. The van der Waals surface area contributed by atoms with E-state index in [0.29, 0.717) is 12.4 Å². The predicted molar refractivity (Wildman–Crippen MR) is 72.3 cm³/mol. The first-order chi connectivity index (χ1) is 9.57. The summed E-state index contributed by atoms with van der Waals surface area (Å²) in [7, 11) is 1.40. The molecule has 0 unspecified atom stereocenters. The first kappa shape index (κ1) is 14.2. The number of carbonyl (C=O) groups is 1. The van der Waals surface area contributed by atoms with Gasteiger partial charge < -0.3 is 10.1 Å². The lowest BCUT2D eigenvalue weighted by atomic mass is 9.86. The number of nitrogens with one attached hydrogen (secondary N) is 1. The molecule has 1 fully saturated rings. The van der Waals surface area contributed by atoms with Crippen molar-refractivity contribution in [1.82, 2.24) is 4.98 Å². The fourth-order valence-electron chi connectivity index (χ4n) is 2.58. The molecule has 1 aliphatic rings. The summed E-state index contributed by atoms with van der Waals surface area (Å²) in [6.45, 7) is 0.435. The number of anilines is 1. The van der Waals surface area contributed by atoms with Gasteiger partial charge in [0.25, 0.3) is 5.69 Å². The number of pyridine rings is 1. The number of hydrogen-bond donors (Lipinski definition) is 1. The molecule has 0 radical (unpaired) electrons. The van der Waals surface area contributed by atoms with Gasteiger partial charge in [-0.3, -0.25) is 14.9 Å². The van der Waals surface area contributed by atoms with Crippen LogP contribution in [0.2, 0.25) is 0 Å². The highest BCUT2D eigenvalue weighted by Crippen LogP contribution is 2.39. The Kier molecular flexibility index (Phi) is 4.16. The lowest BCUT2D eigenvalue weighted by molar-refractivity contribution is -0.385. The minimum absolute atomic E-state index is 0.0564. The Morgan fingerprint density at radius 2 is 2.20 bits per heavy atom. The van der Waals surface area contributed by atoms with Crippen LogP contribution >= 0.6 is 0 Å². The molecule has 0 atom stereocenters. The fourth-order valence-corrected chi connectivity index (χ4v) is 2.58. The average Bonchev–Trinajstić information content (AvgIpc) is 2.95. The van der Waals surface area contributed by atoms with Crippen LogP contribution in [0.1, 0.15) is 25.7 Å². The maximum atomic E-state index is 11.9. The quantitative estimate of drug-likeness (QED) is 0.504. The lowest BCUT2D eigenvalue weighted by Gasteiger charge is -2.26. The Balaban J connectivity index is 2.02. The normalized spacial score (nSPS) is 16.6. The van der Waals surface area contributed by atoms with Gasteiger partial charge in [0, 0.05) is 12.6 Å². The largest absolute Gasteiger partial charge is 0.469 e. The summed E-state index contributed by atoms with van der Waals surface area (Å²) < 4.78 is 4.89. The third-order valence-corrected chi connectivity index (χ3v) is 3.75. The van der Waals surface area contributed by atoms with E-state index in [1.54, 1.807) is 0 Å². The van der Waals surface area contributed by atoms with Crippen LogP contribution in [0.4, 0.5) is 11.5 Å². The van der Waals surface area contributed by atoms with Gasteiger partial charge in [0.2, 0.25) is 0 Å². The first-order valence-electron chi connectivity index (χ1n) is 6.50. The highest BCUT2D eigenvalue weighted by molar-refractivity contribution is 5.77.